The van der Waals surface area contributed by atoms with Crippen LogP contribution in [0.15, 0.2) is 35.3 Å². The summed E-state index contributed by atoms with van der Waals surface area (Å²) in [6.45, 7) is 0. The average molecular weight is 238 g/mol. The monoisotopic (exact) mass is 237 g/mol. The van der Waals surface area contributed by atoms with Crippen LogP contribution in [0.2, 0.25) is 0 Å². The summed E-state index contributed by atoms with van der Waals surface area (Å²) in [5.41, 5.74) is 2.21. The third-order valence-electron chi connectivity index (χ3n) is 1.79. The van der Waals surface area contributed by atoms with Crippen molar-refractivity contribution in [2.45, 2.75) is 0 Å². The minimum atomic E-state index is 0.989. The highest BCUT2D eigenvalue weighted by Crippen LogP contribution is 2.25. The van der Waals surface area contributed by atoms with Crippen molar-refractivity contribution in [1.29, 1.82) is 0 Å². The molecule has 0 aliphatic carbocycles. The number of rotatable bonds is 1. The molecule has 2 aromatic heterocycles. The summed E-state index contributed by atoms with van der Waals surface area (Å²) in [5, 5.41) is 4.11. The summed E-state index contributed by atoms with van der Waals surface area (Å²) in [6.07, 6.45) is 7.36. The predicted octanol–water partition coefficient (Wildman–Crippen LogP) is 2.24. The Morgan fingerprint density at radius 2 is 2.23 bits per heavy atom. The molecule has 2 rings (SSSR count). The average Bonchev–Trinajstić information content (AvgIpc) is 2.53. The summed E-state index contributed by atoms with van der Waals surface area (Å²) in [5.74, 6) is 0. The third kappa shape index (κ3) is 1.62. The van der Waals surface area contributed by atoms with Gasteiger partial charge >= 0.3 is 0 Å². The number of halogens is 1. The first kappa shape index (κ1) is 8.44. The second-order valence-electron chi connectivity index (χ2n) is 2.76. The van der Waals surface area contributed by atoms with Gasteiger partial charge in [0.25, 0.3) is 0 Å². The minimum Gasteiger partial charge on any atom is -0.275 e. The molecule has 0 atom stereocenters. The van der Waals surface area contributed by atoms with Gasteiger partial charge in [-0.25, -0.2) is 0 Å². The molecule has 0 unspecified atom stereocenters. The molecule has 0 fully saturated rings. The van der Waals surface area contributed by atoms with E-state index in [0.29, 0.717) is 0 Å². The van der Waals surface area contributed by atoms with Gasteiger partial charge in [0.05, 0.1) is 6.20 Å². The molecule has 13 heavy (non-hydrogen) atoms. The van der Waals surface area contributed by atoms with Gasteiger partial charge < -0.3 is 0 Å². The molecule has 4 heteroatoms. The molecular formula is C9H8BrN3. The van der Waals surface area contributed by atoms with Crippen molar-refractivity contribution in [3.05, 3.63) is 35.3 Å². The first-order valence-electron chi connectivity index (χ1n) is 3.86. The number of aromatic nitrogens is 3. The Bertz CT molecular complexity index is 422. The second kappa shape index (κ2) is 3.30. The SMILES string of the molecule is Cn1cc(-c2ccncc2Br)cn1. The highest BCUT2D eigenvalue weighted by Gasteiger charge is 2.03. The Kier molecular flexibility index (Phi) is 2.14. The molecule has 66 valence electrons. The highest BCUT2D eigenvalue weighted by molar-refractivity contribution is 9.10. The maximum atomic E-state index is 4.11. The summed E-state index contributed by atoms with van der Waals surface area (Å²) < 4.78 is 2.77. The Morgan fingerprint density at radius 1 is 1.38 bits per heavy atom. The third-order valence-corrected chi connectivity index (χ3v) is 2.42. The largest absolute Gasteiger partial charge is 0.275 e. The van der Waals surface area contributed by atoms with Crippen LogP contribution >= 0.6 is 15.9 Å². The Labute approximate surface area is 84.5 Å². The molecule has 2 aromatic rings. The van der Waals surface area contributed by atoms with Crippen molar-refractivity contribution in [2.75, 3.05) is 0 Å². The van der Waals surface area contributed by atoms with Crippen molar-refractivity contribution in [2.24, 2.45) is 7.05 Å². The van der Waals surface area contributed by atoms with Gasteiger partial charge in [0, 0.05) is 41.2 Å². The minimum absolute atomic E-state index is 0.989. The molecule has 0 saturated carbocycles. The van der Waals surface area contributed by atoms with Crippen molar-refractivity contribution >= 4 is 15.9 Å². The molecule has 3 nitrogen and oxygen atoms in total. The van der Waals surface area contributed by atoms with Crippen LogP contribution in [0, 0.1) is 0 Å². The second-order valence-corrected chi connectivity index (χ2v) is 3.61. The van der Waals surface area contributed by atoms with E-state index in [2.05, 4.69) is 26.0 Å². The predicted molar refractivity (Wildman–Crippen MR) is 54.1 cm³/mol. The van der Waals surface area contributed by atoms with Crippen LogP contribution < -0.4 is 0 Å². The lowest BCUT2D eigenvalue weighted by atomic mass is 10.1. The van der Waals surface area contributed by atoms with Crippen LogP contribution in [0.4, 0.5) is 0 Å². The molecule has 0 aromatic carbocycles. The van der Waals surface area contributed by atoms with Crippen LogP contribution in [0.5, 0.6) is 0 Å². The summed E-state index contributed by atoms with van der Waals surface area (Å²) in [4.78, 5) is 4.00. The van der Waals surface area contributed by atoms with E-state index in [1.165, 1.54) is 0 Å². The van der Waals surface area contributed by atoms with Crippen LogP contribution in [0.1, 0.15) is 0 Å². The summed E-state index contributed by atoms with van der Waals surface area (Å²) in [7, 11) is 1.90. The van der Waals surface area contributed by atoms with Gasteiger partial charge in [-0.15, -0.1) is 0 Å². The van der Waals surface area contributed by atoms with Crippen molar-refractivity contribution < 1.29 is 0 Å². The molecule has 0 aliphatic heterocycles. The van der Waals surface area contributed by atoms with E-state index in [0.717, 1.165) is 15.6 Å². The Morgan fingerprint density at radius 3 is 2.85 bits per heavy atom. The number of pyridine rings is 1. The fourth-order valence-corrected chi connectivity index (χ4v) is 1.65. The zero-order chi connectivity index (χ0) is 9.26. The van der Waals surface area contributed by atoms with Crippen molar-refractivity contribution in [1.82, 2.24) is 14.8 Å². The lowest BCUT2D eigenvalue weighted by molar-refractivity contribution is 0.768. The fraction of sp³-hybridized carbons (Fsp3) is 0.111. The van der Waals surface area contributed by atoms with Crippen LogP contribution in [0.3, 0.4) is 0 Å². The molecule has 0 saturated heterocycles. The molecule has 0 bridgehead atoms. The topological polar surface area (TPSA) is 30.7 Å². The molecule has 0 amide bonds. The van der Waals surface area contributed by atoms with E-state index < -0.39 is 0 Å². The fourth-order valence-electron chi connectivity index (χ4n) is 1.17. The molecule has 0 radical (unpaired) electrons. The zero-order valence-corrected chi connectivity index (χ0v) is 8.69. The number of aryl methyl sites for hydroxylation is 1. The molecular weight excluding hydrogens is 230 g/mol. The lowest BCUT2D eigenvalue weighted by Crippen LogP contribution is -1.84. The van der Waals surface area contributed by atoms with Crippen molar-refractivity contribution in [3.63, 3.8) is 0 Å². The van der Waals surface area contributed by atoms with Crippen molar-refractivity contribution in [3.8, 4) is 11.1 Å². The highest BCUT2D eigenvalue weighted by atomic mass is 79.9. The molecule has 2 heterocycles. The van der Waals surface area contributed by atoms with E-state index >= 15 is 0 Å². The Balaban J connectivity index is 2.52. The molecule has 0 N–H and O–H groups in total. The first-order chi connectivity index (χ1) is 6.27. The van der Waals surface area contributed by atoms with E-state index in [1.807, 2.05) is 25.5 Å². The van der Waals surface area contributed by atoms with Gasteiger partial charge in [0.2, 0.25) is 0 Å². The number of nitrogens with zero attached hydrogens (tertiary/aromatic N) is 3. The van der Waals surface area contributed by atoms with E-state index in [1.54, 1.807) is 17.1 Å². The smallest absolute Gasteiger partial charge is 0.0568 e. The van der Waals surface area contributed by atoms with E-state index in [-0.39, 0.29) is 0 Å². The molecule has 0 aliphatic rings. The number of hydrogen-bond donors (Lipinski definition) is 0. The maximum Gasteiger partial charge on any atom is 0.0568 e. The zero-order valence-electron chi connectivity index (χ0n) is 7.11. The number of hydrogen-bond acceptors (Lipinski definition) is 2. The van der Waals surface area contributed by atoms with E-state index in [4.69, 9.17) is 0 Å². The normalized spacial score (nSPS) is 10.3. The molecule has 0 spiro atoms. The standard InChI is InChI=1S/C9H8BrN3/c1-13-6-7(4-12-13)8-2-3-11-5-9(8)10/h2-6H,1H3. The summed E-state index contributed by atoms with van der Waals surface area (Å²) in [6, 6.07) is 1.96. The summed E-state index contributed by atoms with van der Waals surface area (Å²) >= 11 is 3.44. The van der Waals surface area contributed by atoms with Crippen LogP contribution in [0.25, 0.3) is 11.1 Å². The van der Waals surface area contributed by atoms with Gasteiger partial charge in [-0.3, -0.25) is 9.67 Å². The van der Waals surface area contributed by atoms with E-state index in [9.17, 15) is 0 Å². The van der Waals surface area contributed by atoms with Gasteiger partial charge in [-0.1, -0.05) is 0 Å². The van der Waals surface area contributed by atoms with Gasteiger partial charge in [-0.2, -0.15) is 5.10 Å². The lowest BCUT2D eigenvalue weighted by Gasteiger charge is -1.98. The van der Waals surface area contributed by atoms with Crippen LogP contribution in [-0.2, 0) is 7.05 Å². The maximum absolute atomic E-state index is 4.11. The first-order valence-corrected chi connectivity index (χ1v) is 4.65. The van der Waals surface area contributed by atoms with Gasteiger partial charge in [0.1, 0.15) is 0 Å². The quantitative estimate of drug-likeness (QED) is 0.762. The Hall–Kier alpha value is -1.16. The van der Waals surface area contributed by atoms with Gasteiger partial charge in [0.15, 0.2) is 0 Å². The van der Waals surface area contributed by atoms with Gasteiger partial charge in [-0.05, 0) is 22.0 Å². The van der Waals surface area contributed by atoms with Crippen LogP contribution in [-0.4, -0.2) is 14.8 Å².